The van der Waals surface area contributed by atoms with Gasteiger partial charge in [0.15, 0.2) is 0 Å². The predicted octanol–water partition coefficient (Wildman–Crippen LogP) is 2.87. The van der Waals surface area contributed by atoms with E-state index in [-0.39, 0.29) is 0 Å². The average Bonchev–Trinajstić information content (AvgIpc) is 2.20. The van der Waals surface area contributed by atoms with Crippen LogP contribution in [0.4, 0.5) is 0 Å². The number of rotatable bonds is 2. The first-order chi connectivity index (χ1) is 6.35. The molecular formula is C10H17NOS. The molecule has 74 valence electrons. The largest absolute Gasteiger partial charge is 0.303 e. The monoisotopic (exact) mass is 199 g/mol. The predicted molar refractivity (Wildman–Crippen MR) is 58.2 cm³/mol. The summed E-state index contributed by atoms with van der Waals surface area (Å²) >= 11 is 4.14. The smallest absolute Gasteiger partial charge is 0.120 e. The molecule has 0 aromatic carbocycles. The van der Waals surface area contributed by atoms with Crippen LogP contribution in [0.3, 0.4) is 0 Å². The number of hydrogen-bond donors (Lipinski definition) is 0. The molecule has 0 aromatic heterocycles. The first kappa shape index (κ1) is 12.5. The Morgan fingerprint density at radius 3 is 2.38 bits per heavy atom. The Bertz CT molecular complexity index is 170. The van der Waals surface area contributed by atoms with Gasteiger partial charge in [0.2, 0.25) is 0 Å². The zero-order valence-electron chi connectivity index (χ0n) is 8.16. The molecule has 0 amide bonds. The zero-order valence-corrected chi connectivity index (χ0v) is 8.98. The summed E-state index contributed by atoms with van der Waals surface area (Å²) in [6.45, 7) is 0. The summed E-state index contributed by atoms with van der Waals surface area (Å²) in [4.78, 5) is 13.4. The molecule has 0 aromatic rings. The summed E-state index contributed by atoms with van der Waals surface area (Å²) in [7, 11) is 1.59. The van der Waals surface area contributed by atoms with Gasteiger partial charge in [0.05, 0.1) is 5.16 Å². The third-order valence-electron chi connectivity index (χ3n) is 2.25. The van der Waals surface area contributed by atoms with Crippen molar-refractivity contribution in [2.45, 2.75) is 38.5 Å². The summed E-state index contributed by atoms with van der Waals surface area (Å²) < 4.78 is 0. The number of aliphatic imine (C=N–C) groups is 1. The van der Waals surface area contributed by atoms with E-state index in [1.807, 2.05) is 0 Å². The molecule has 0 radical (unpaired) electrons. The molecule has 0 heterocycles. The zero-order chi connectivity index (χ0) is 9.94. The highest BCUT2D eigenvalue weighted by atomic mass is 32.1. The minimum absolute atomic E-state index is 0.733. The number of thiocarbonyl (C=S) groups is 1. The molecule has 1 fully saturated rings. The highest BCUT2D eigenvalue weighted by molar-refractivity contribution is 7.78. The Balaban J connectivity index is 0.000000310. The fourth-order valence-electron chi connectivity index (χ4n) is 1.56. The summed E-state index contributed by atoms with van der Waals surface area (Å²) in [5.74, 6) is 0.733. The van der Waals surface area contributed by atoms with Gasteiger partial charge < -0.3 is 4.79 Å². The van der Waals surface area contributed by atoms with Crippen molar-refractivity contribution in [1.82, 2.24) is 0 Å². The van der Waals surface area contributed by atoms with Crippen molar-refractivity contribution >= 4 is 23.7 Å². The molecule has 0 atom stereocenters. The van der Waals surface area contributed by atoms with E-state index in [2.05, 4.69) is 22.4 Å². The summed E-state index contributed by atoms with van der Waals surface area (Å²) in [5, 5.41) is 2.14. The molecule has 3 heteroatoms. The molecule has 0 spiro atoms. The van der Waals surface area contributed by atoms with Crippen LogP contribution in [0.25, 0.3) is 0 Å². The van der Waals surface area contributed by atoms with E-state index in [0.29, 0.717) is 0 Å². The Labute approximate surface area is 85.4 Å². The summed E-state index contributed by atoms with van der Waals surface area (Å²) in [6.07, 6.45) is 8.53. The van der Waals surface area contributed by atoms with Crippen LogP contribution in [0.1, 0.15) is 38.5 Å². The van der Waals surface area contributed by atoms with Crippen LogP contribution in [-0.4, -0.2) is 18.5 Å². The minimum Gasteiger partial charge on any atom is -0.303 e. The maximum absolute atomic E-state index is 10.1. The van der Waals surface area contributed by atoms with E-state index >= 15 is 0 Å². The van der Waals surface area contributed by atoms with E-state index in [1.54, 1.807) is 7.05 Å². The molecule has 13 heavy (non-hydrogen) atoms. The van der Waals surface area contributed by atoms with Gasteiger partial charge in [-0.25, -0.2) is 4.99 Å². The van der Waals surface area contributed by atoms with Gasteiger partial charge in [-0.15, -0.1) is 0 Å². The van der Waals surface area contributed by atoms with E-state index < -0.39 is 0 Å². The lowest BCUT2D eigenvalue weighted by atomic mass is 9.87. The van der Waals surface area contributed by atoms with Crippen LogP contribution < -0.4 is 0 Å². The van der Waals surface area contributed by atoms with Gasteiger partial charge in [-0.2, -0.15) is 0 Å². The van der Waals surface area contributed by atoms with Gasteiger partial charge in [-0.1, -0.05) is 32.1 Å². The maximum Gasteiger partial charge on any atom is 0.120 e. The molecule has 1 rings (SSSR count). The van der Waals surface area contributed by atoms with Crippen molar-refractivity contribution in [3.8, 4) is 0 Å². The van der Waals surface area contributed by atoms with E-state index in [9.17, 15) is 4.79 Å². The van der Waals surface area contributed by atoms with Crippen molar-refractivity contribution in [3.63, 3.8) is 0 Å². The van der Waals surface area contributed by atoms with Gasteiger partial charge in [-0.05, 0) is 18.1 Å². The third kappa shape index (κ3) is 7.82. The lowest BCUT2D eigenvalue weighted by Crippen LogP contribution is -2.05. The minimum atomic E-state index is 0.733. The van der Waals surface area contributed by atoms with Gasteiger partial charge in [0.1, 0.15) is 6.29 Å². The van der Waals surface area contributed by atoms with Crippen LogP contribution in [0, 0.1) is 5.92 Å². The van der Waals surface area contributed by atoms with Gasteiger partial charge in [0.25, 0.3) is 0 Å². The maximum atomic E-state index is 10.1. The molecule has 2 nitrogen and oxygen atoms in total. The number of carbonyl (C=O) groups is 1. The van der Waals surface area contributed by atoms with Crippen molar-refractivity contribution in [2.75, 3.05) is 7.05 Å². The van der Waals surface area contributed by atoms with Gasteiger partial charge >= 0.3 is 0 Å². The SMILES string of the molecule is CN=C=S.O=CCC1CCCCC1. The van der Waals surface area contributed by atoms with Crippen molar-refractivity contribution in [3.05, 3.63) is 0 Å². The standard InChI is InChI=1S/C8H14O.C2H3NS/c9-7-6-8-4-2-1-3-5-8;1-3-2-4/h7-8H,1-6H2;1H3. The van der Waals surface area contributed by atoms with Crippen LogP contribution in [0.2, 0.25) is 0 Å². The Morgan fingerprint density at radius 2 is 2.00 bits per heavy atom. The van der Waals surface area contributed by atoms with Crippen LogP contribution in [-0.2, 0) is 4.79 Å². The fraction of sp³-hybridized carbons (Fsp3) is 0.800. The van der Waals surface area contributed by atoms with Gasteiger partial charge in [0, 0.05) is 13.5 Å². The first-order valence-electron chi connectivity index (χ1n) is 4.74. The molecular weight excluding hydrogens is 182 g/mol. The number of isothiocyanates is 1. The topological polar surface area (TPSA) is 29.4 Å². The Kier molecular flexibility index (Phi) is 9.17. The Hall–Kier alpha value is -0.530. The number of carbonyl (C=O) groups excluding carboxylic acids is 1. The lowest BCUT2D eigenvalue weighted by molar-refractivity contribution is -0.108. The number of aldehydes is 1. The molecule has 0 aliphatic heterocycles. The van der Waals surface area contributed by atoms with Crippen molar-refractivity contribution in [2.24, 2.45) is 10.9 Å². The van der Waals surface area contributed by atoms with E-state index in [0.717, 1.165) is 18.6 Å². The highest BCUT2D eigenvalue weighted by Crippen LogP contribution is 2.24. The third-order valence-corrected chi connectivity index (χ3v) is 2.43. The van der Waals surface area contributed by atoms with Crippen LogP contribution in [0.5, 0.6) is 0 Å². The second-order valence-electron chi connectivity index (χ2n) is 3.22. The average molecular weight is 199 g/mol. The van der Waals surface area contributed by atoms with Crippen LogP contribution in [0.15, 0.2) is 4.99 Å². The van der Waals surface area contributed by atoms with E-state index in [4.69, 9.17) is 0 Å². The second kappa shape index (κ2) is 9.56. The number of hydrogen-bond acceptors (Lipinski definition) is 3. The normalized spacial score (nSPS) is 16.4. The van der Waals surface area contributed by atoms with E-state index in [1.165, 1.54) is 32.1 Å². The van der Waals surface area contributed by atoms with Crippen molar-refractivity contribution in [1.29, 1.82) is 0 Å². The summed E-state index contributed by atoms with van der Waals surface area (Å²) in [6, 6.07) is 0. The highest BCUT2D eigenvalue weighted by Gasteiger charge is 2.11. The summed E-state index contributed by atoms with van der Waals surface area (Å²) in [5.41, 5.74) is 0. The molecule has 0 N–H and O–H groups in total. The number of nitrogens with zero attached hydrogens (tertiary/aromatic N) is 1. The lowest BCUT2D eigenvalue weighted by Gasteiger charge is -2.18. The first-order valence-corrected chi connectivity index (χ1v) is 5.15. The second-order valence-corrected chi connectivity index (χ2v) is 3.40. The molecule has 0 saturated heterocycles. The van der Waals surface area contributed by atoms with Crippen molar-refractivity contribution < 1.29 is 4.79 Å². The quantitative estimate of drug-likeness (QED) is 0.389. The van der Waals surface area contributed by atoms with Gasteiger partial charge in [-0.3, -0.25) is 0 Å². The van der Waals surface area contributed by atoms with Crippen LogP contribution >= 0.6 is 12.2 Å². The molecule has 0 unspecified atom stereocenters. The molecule has 0 bridgehead atoms. The molecule has 1 saturated carbocycles. The fourth-order valence-corrected chi connectivity index (χ4v) is 1.56. The molecule has 1 aliphatic carbocycles. The Morgan fingerprint density at radius 1 is 1.46 bits per heavy atom. The molecule has 1 aliphatic rings.